The Morgan fingerprint density at radius 3 is 0.877 bits per heavy atom. The van der Waals surface area contributed by atoms with Crippen molar-refractivity contribution in [3.63, 3.8) is 0 Å². The van der Waals surface area contributed by atoms with Crippen molar-refractivity contribution in [1.82, 2.24) is 0 Å². The predicted molar refractivity (Wildman–Crippen MR) is 278 cm³/mol. The Kier molecular flexibility index (Phi) is 46.8. The van der Waals surface area contributed by atoms with Crippen molar-refractivity contribution >= 4 is 17.9 Å². The Balaban J connectivity index is 4.64. The average molecular weight is 889 g/mol. The molecule has 65 heavy (non-hydrogen) atoms. The Labute approximate surface area is 395 Å². The van der Waals surface area contributed by atoms with Crippen LogP contribution < -0.4 is 0 Å². The molecule has 1 unspecified atom stereocenters. The molecule has 0 fully saturated rings. The van der Waals surface area contributed by atoms with Gasteiger partial charge in [-0.15, -0.1) is 0 Å². The van der Waals surface area contributed by atoms with E-state index in [1.165, 1.54) is 0 Å². The zero-order valence-corrected chi connectivity index (χ0v) is 40.4. The summed E-state index contributed by atoms with van der Waals surface area (Å²) in [4.78, 5) is 37.9. The summed E-state index contributed by atoms with van der Waals surface area (Å²) in [6.07, 6.45) is 77.2. The number of esters is 3. The van der Waals surface area contributed by atoms with Crippen LogP contribution in [0.15, 0.2) is 182 Å². The number of rotatable bonds is 40. The minimum Gasteiger partial charge on any atom is -0.462 e. The van der Waals surface area contributed by atoms with Crippen molar-refractivity contribution in [3.05, 3.63) is 182 Å². The second-order valence-electron chi connectivity index (χ2n) is 15.2. The fraction of sp³-hybridized carbons (Fsp3) is 0.441. The molecule has 0 heterocycles. The monoisotopic (exact) mass is 889 g/mol. The first-order valence-corrected chi connectivity index (χ1v) is 24.5. The summed E-state index contributed by atoms with van der Waals surface area (Å²) in [6, 6.07) is 0. The average Bonchev–Trinajstić information content (AvgIpc) is 3.30. The zero-order valence-electron chi connectivity index (χ0n) is 40.4. The molecule has 0 aromatic rings. The molecule has 6 heteroatoms. The van der Waals surface area contributed by atoms with Gasteiger partial charge >= 0.3 is 17.9 Å². The first-order chi connectivity index (χ1) is 32.0. The van der Waals surface area contributed by atoms with E-state index in [2.05, 4.69) is 69.4 Å². The van der Waals surface area contributed by atoms with Crippen LogP contribution in [0.25, 0.3) is 0 Å². The number of hydrogen-bond acceptors (Lipinski definition) is 6. The van der Waals surface area contributed by atoms with Gasteiger partial charge in [-0.2, -0.15) is 0 Å². The van der Waals surface area contributed by atoms with Crippen LogP contribution in [0.1, 0.15) is 149 Å². The minimum absolute atomic E-state index is 0.135. The number of hydrogen-bond donors (Lipinski definition) is 0. The summed E-state index contributed by atoms with van der Waals surface area (Å²) in [7, 11) is 0. The van der Waals surface area contributed by atoms with Gasteiger partial charge in [-0.25, -0.2) is 0 Å². The molecule has 0 amide bonds. The molecule has 0 rings (SSSR count). The van der Waals surface area contributed by atoms with Crippen LogP contribution in [-0.2, 0) is 28.6 Å². The van der Waals surface area contributed by atoms with Gasteiger partial charge in [-0.3, -0.25) is 14.4 Å². The van der Waals surface area contributed by atoms with Crippen molar-refractivity contribution in [2.75, 3.05) is 13.2 Å². The van der Waals surface area contributed by atoms with Crippen LogP contribution in [0.2, 0.25) is 0 Å². The molecular formula is C59H84O6. The molecule has 0 aromatic heterocycles. The number of carbonyl (C=O) groups is 3. The molecule has 0 saturated carbocycles. The minimum atomic E-state index is -0.837. The van der Waals surface area contributed by atoms with E-state index in [1.54, 1.807) is 0 Å². The number of carbonyl (C=O) groups excluding carboxylic acids is 3. The lowest BCUT2D eigenvalue weighted by molar-refractivity contribution is -0.167. The maximum absolute atomic E-state index is 12.8. The fourth-order valence-corrected chi connectivity index (χ4v) is 5.68. The van der Waals surface area contributed by atoms with Crippen molar-refractivity contribution in [3.8, 4) is 0 Å². The summed E-state index contributed by atoms with van der Waals surface area (Å²) in [6.45, 7) is 6.07. The number of ether oxygens (including phenoxy) is 3. The fourth-order valence-electron chi connectivity index (χ4n) is 5.68. The first kappa shape index (κ1) is 59.5. The van der Waals surface area contributed by atoms with Crippen molar-refractivity contribution in [2.45, 2.75) is 155 Å². The molecule has 0 aromatic carbocycles. The highest BCUT2D eigenvalue weighted by Gasteiger charge is 2.19. The predicted octanol–water partition coefficient (Wildman–Crippen LogP) is 16.2. The number of allylic oxidation sites excluding steroid dienone is 30. The third-order valence-corrected chi connectivity index (χ3v) is 9.27. The lowest BCUT2D eigenvalue weighted by Crippen LogP contribution is -2.30. The largest absolute Gasteiger partial charge is 0.462 e. The van der Waals surface area contributed by atoms with E-state index >= 15 is 0 Å². The molecule has 356 valence electrons. The SMILES string of the molecule is CC/C=C/C=C/C=C/C=C/C=C/C=C/C=C/CCCCCC(=O)OCC(COC(=O)CCCCC/C=C/C=C/C=C/C=C/CC)OC(=O)CCCCCCC/C=C/C=C/C=C/C=C/CC. The highest BCUT2D eigenvalue weighted by atomic mass is 16.6. The standard InChI is InChI=1S/C59H84O6/c1-4-7-10-13-16-19-22-25-27-28-29-30-32-34-37-40-43-46-49-52-58(61)64-55-56(54-63-57(60)51-48-45-42-39-36-33-24-21-18-15-12-9-6-3)65-59(62)53-50-47-44-41-38-35-31-26-23-20-17-14-11-8-5-2/h7-34,36-37,56H,4-6,35,38-55H2,1-3H3/b10-7+,11-8+,12-9+,16-13+,17-14+,18-15+,22-19+,23-20+,24-21+,27-25+,29-28+,31-26+,32-30+,36-33+,37-34+. The summed E-state index contributed by atoms with van der Waals surface area (Å²) >= 11 is 0. The van der Waals surface area contributed by atoms with Crippen molar-refractivity contribution < 1.29 is 28.6 Å². The number of unbranched alkanes of at least 4 members (excludes halogenated alkanes) is 11. The molecule has 0 N–H and O–H groups in total. The summed E-state index contributed by atoms with van der Waals surface area (Å²) in [5.74, 6) is -1.06. The van der Waals surface area contributed by atoms with Crippen LogP contribution >= 0.6 is 0 Å². The van der Waals surface area contributed by atoms with Crippen LogP contribution in [0.3, 0.4) is 0 Å². The molecule has 0 aliphatic rings. The lowest BCUT2D eigenvalue weighted by Gasteiger charge is -2.18. The topological polar surface area (TPSA) is 78.9 Å². The highest BCUT2D eigenvalue weighted by Crippen LogP contribution is 2.11. The lowest BCUT2D eigenvalue weighted by atomic mass is 10.1. The maximum Gasteiger partial charge on any atom is 0.306 e. The molecule has 0 aliphatic carbocycles. The van der Waals surface area contributed by atoms with Crippen LogP contribution in [0.4, 0.5) is 0 Å². The van der Waals surface area contributed by atoms with Gasteiger partial charge in [0.05, 0.1) is 0 Å². The first-order valence-electron chi connectivity index (χ1n) is 24.5. The quantitative estimate of drug-likeness (QED) is 0.0264. The van der Waals surface area contributed by atoms with Crippen LogP contribution in [0.5, 0.6) is 0 Å². The molecular weight excluding hydrogens is 805 g/mol. The van der Waals surface area contributed by atoms with Gasteiger partial charge in [0.25, 0.3) is 0 Å². The summed E-state index contributed by atoms with van der Waals surface area (Å²) in [5.41, 5.74) is 0. The molecule has 0 spiro atoms. The van der Waals surface area contributed by atoms with Crippen LogP contribution in [0, 0.1) is 0 Å². The van der Waals surface area contributed by atoms with Gasteiger partial charge in [0.1, 0.15) is 13.2 Å². The van der Waals surface area contributed by atoms with Crippen LogP contribution in [-0.4, -0.2) is 37.2 Å². The van der Waals surface area contributed by atoms with E-state index in [0.717, 1.165) is 96.3 Å². The van der Waals surface area contributed by atoms with Gasteiger partial charge in [0.15, 0.2) is 6.10 Å². The van der Waals surface area contributed by atoms with Gasteiger partial charge in [0.2, 0.25) is 0 Å². The maximum atomic E-state index is 12.8. The Bertz CT molecular complexity index is 1630. The van der Waals surface area contributed by atoms with E-state index in [9.17, 15) is 14.4 Å². The van der Waals surface area contributed by atoms with E-state index in [4.69, 9.17) is 14.2 Å². The zero-order chi connectivity index (χ0) is 47.2. The van der Waals surface area contributed by atoms with Crippen molar-refractivity contribution in [1.29, 1.82) is 0 Å². The molecule has 0 saturated heterocycles. The molecule has 1 atom stereocenters. The Hall–Kier alpha value is -5.49. The van der Waals surface area contributed by atoms with E-state index < -0.39 is 6.10 Å². The summed E-state index contributed by atoms with van der Waals surface area (Å²) in [5, 5.41) is 0. The third-order valence-electron chi connectivity index (χ3n) is 9.27. The second-order valence-corrected chi connectivity index (χ2v) is 15.2. The second kappa shape index (κ2) is 51.1. The van der Waals surface area contributed by atoms with E-state index in [1.807, 2.05) is 134 Å². The highest BCUT2D eigenvalue weighted by molar-refractivity contribution is 5.71. The van der Waals surface area contributed by atoms with Gasteiger partial charge in [-0.1, -0.05) is 235 Å². The van der Waals surface area contributed by atoms with Gasteiger partial charge < -0.3 is 14.2 Å². The molecule has 0 radical (unpaired) electrons. The van der Waals surface area contributed by atoms with E-state index in [-0.39, 0.29) is 50.4 Å². The van der Waals surface area contributed by atoms with E-state index in [0.29, 0.717) is 12.8 Å². The normalized spacial score (nSPS) is 13.7. The Morgan fingerprint density at radius 1 is 0.308 bits per heavy atom. The smallest absolute Gasteiger partial charge is 0.306 e. The third kappa shape index (κ3) is 49.4. The molecule has 0 bridgehead atoms. The van der Waals surface area contributed by atoms with Crippen molar-refractivity contribution in [2.24, 2.45) is 0 Å². The van der Waals surface area contributed by atoms with Gasteiger partial charge in [0, 0.05) is 19.3 Å². The Morgan fingerprint density at radius 2 is 0.554 bits per heavy atom. The molecule has 6 nitrogen and oxygen atoms in total. The van der Waals surface area contributed by atoms with Gasteiger partial charge in [-0.05, 0) is 77.0 Å². The summed E-state index contributed by atoms with van der Waals surface area (Å²) < 4.78 is 16.7. The molecule has 0 aliphatic heterocycles.